The minimum atomic E-state index is 0.414. The van der Waals surface area contributed by atoms with Gasteiger partial charge in [-0.1, -0.05) is 29.3 Å². The first-order valence-electron chi connectivity index (χ1n) is 8.48. The van der Waals surface area contributed by atoms with Crippen LogP contribution in [-0.4, -0.2) is 21.6 Å². The summed E-state index contributed by atoms with van der Waals surface area (Å²) in [4.78, 5) is 8.83. The van der Waals surface area contributed by atoms with E-state index in [1.54, 1.807) is 25.6 Å². The normalized spacial score (nSPS) is 11.2. The minimum Gasteiger partial charge on any atom is -0.377 e. The molecule has 4 nitrogen and oxygen atoms in total. The molecule has 136 valence electrons. The van der Waals surface area contributed by atoms with E-state index in [9.17, 15) is 0 Å². The second-order valence-corrected chi connectivity index (χ2v) is 7.07. The van der Waals surface area contributed by atoms with Gasteiger partial charge in [-0.15, -0.1) is 0 Å². The number of fused-ring (bicyclic) bond motifs is 1. The Balaban J connectivity index is 1.85. The van der Waals surface area contributed by atoms with E-state index in [0.29, 0.717) is 23.2 Å². The molecule has 0 N–H and O–H groups in total. The fourth-order valence-electron chi connectivity index (χ4n) is 3.15. The van der Waals surface area contributed by atoms with Crippen molar-refractivity contribution in [2.45, 2.75) is 13.2 Å². The largest absolute Gasteiger partial charge is 0.377 e. The van der Waals surface area contributed by atoms with E-state index in [0.717, 1.165) is 33.5 Å². The molecule has 6 heteroatoms. The van der Waals surface area contributed by atoms with Crippen LogP contribution in [0.15, 0.2) is 60.9 Å². The van der Waals surface area contributed by atoms with Gasteiger partial charge in [-0.2, -0.15) is 0 Å². The average molecular weight is 398 g/mol. The van der Waals surface area contributed by atoms with Crippen molar-refractivity contribution in [1.29, 1.82) is 0 Å². The maximum Gasteiger partial charge on any atom is 0.136 e. The summed E-state index contributed by atoms with van der Waals surface area (Å²) in [6.45, 7) is 0.978. The average Bonchev–Trinajstić information content (AvgIpc) is 3.02. The van der Waals surface area contributed by atoms with E-state index in [4.69, 9.17) is 32.9 Å². The lowest BCUT2D eigenvalue weighted by atomic mass is 10.1. The Morgan fingerprint density at radius 2 is 1.78 bits per heavy atom. The molecular formula is C21H17Cl2N3O. The summed E-state index contributed by atoms with van der Waals surface area (Å²) in [7, 11) is 1.67. The molecule has 0 atom stereocenters. The van der Waals surface area contributed by atoms with Gasteiger partial charge in [0.25, 0.3) is 0 Å². The van der Waals surface area contributed by atoms with Crippen molar-refractivity contribution in [2.24, 2.45) is 0 Å². The van der Waals surface area contributed by atoms with E-state index < -0.39 is 0 Å². The molecule has 27 heavy (non-hydrogen) atoms. The molecule has 0 saturated carbocycles. The molecule has 0 aliphatic rings. The maximum atomic E-state index is 6.39. The topological polar surface area (TPSA) is 39.9 Å². The molecule has 2 aromatic heterocycles. The number of pyridine rings is 1. The van der Waals surface area contributed by atoms with Crippen molar-refractivity contribution in [1.82, 2.24) is 14.5 Å². The number of ether oxygens (including phenoxy) is 1. The molecule has 4 aromatic rings. The zero-order valence-corrected chi connectivity index (χ0v) is 16.2. The van der Waals surface area contributed by atoms with Gasteiger partial charge >= 0.3 is 0 Å². The van der Waals surface area contributed by atoms with Crippen LogP contribution in [0.1, 0.15) is 11.4 Å². The van der Waals surface area contributed by atoms with Crippen LogP contribution in [-0.2, 0) is 17.9 Å². The van der Waals surface area contributed by atoms with E-state index >= 15 is 0 Å². The van der Waals surface area contributed by atoms with Crippen LogP contribution in [0.25, 0.3) is 22.2 Å². The number of methoxy groups -OCH3 is 1. The molecular weight excluding hydrogens is 381 g/mol. The van der Waals surface area contributed by atoms with Crippen LogP contribution in [0.5, 0.6) is 0 Å². The van der Waals surface area contributed by atoms with E-state index in [2.05, 4.69) is 21.7 Å². The SMILES string of the molecule is COCc1nc2ccc(-c3ccncc3)cc2n1Cc1cc(Cl)ccc1Cl. The Morgan fingerprint density at radius 3 is 2.56 bits per heavy atom. The zero-order valence-electron chi connectivity index (χ0n) is 14.7. The highest BCUT2D eigenvalue weighted by Gasteiger charge is 2.14. The lowest BCUT2D eigenvalue weighted by molar-refractivity contribution is 0.175. The van der Waals surface area contributed by atoms with Crippen LogP contribution >= 0.6 is 23.2 Å². The van der Waals surface area contributed by atoms with Gasteiger partial charge in [-0.05, 0) is 59.2 Å². The highest BCUT2D eigenvalue weighted by Crippen LogP contribution is 2.28. The van der Waals surface area contributed by atoms with Gasteiger partial charge in [-0.3, -0.25) is 4.98 Å². The Bertz CT molecular complexity index is 1090. The van der Waals surface area contributed by atoms with E-state index in [-0.39, 0.29) is 0 Å². The van der Waals surface area contributed by atoms with Crippen LogP contribution in [0.3, 0.4) is 0 Å². The second kappa shape index (κ2) is 7.69. The predicted octanol–water partition coefficient (Wildman–Crippen LogP) is 5.60. The minimum absolute atomic E-state index is 0.414. The monoisotopic (exact) mass is 397 g/mol. The molecule has 4 rings (SSSR count). The van der Waals surface area contributed by atoms with Crippen molar-refractivity contribution in [2.75, 3.05) is 7.11 Å². The number of halogens is 2. The van der Waals surface area contributed by atoms with Gasteiger partial charge in [-0.25, -0.2) is 4.98 Å². The Kier molecular flexibility index (Phi) is 5.12. The summed E-state index contributed by atoms with van der Waals surface area (Å²) in [6, 6.07) is 15.7. The lowest BCUT2D eigenvalue weighted by Gasteiger charge is -2.11. The molecule has 0 radical (unpaired) electrons. The summed E-state index contributed by atoms with van der Waals surface area (Å²) < 4.78 is 7.48. The third kappa shape index (κ3) is 3.69. The van der Waals surface area contributed by atoms with Crippen LogP contribution in [0.4, 0.5) is 0 Å². The molecule has 0 amide bonds. The molecule has 0 aliphatic carbocycles. The van der Waals surface area contributed by atoms with Gasteiger partial charge in [0.1, 0.15) is 12.4 Å². The lowest BCUT2D eigenvalue weighted by Crippen LogP contribution is -2.06. The molecule has 0 saturated heterocycles. The smallest absolute Gasteiger partial charge is 0.136 e. The molecule has 0 aliphatic heterocycles. The number of benzene rings is 2. The summed E-state index contributed by atoms with van der Waals surface area (Å²) in [5.74, 6) is 0.843. The van der Waals surface area contributed by atoms with Gasteiger partial charge in [0, 0.05) is 29.5 Å². The van der Waals surface area contributed by atoms with Crippen LogP contribution in [0, 0.1) is 0 Å². The molecule has 0 spiro atoms. The number of imidazole rings is 1. The van der Waals surface area contributed by atoms with E-state index in [1.807, 2.05) is 30.3 Å². The predicted molar refractivity (Wildman–Crippen MR) is 109 cm³/mol. The maximum absolute atomic E-state index is 6.39. The fourth-order valence-corrected chi connectivity index (χ4v) is 3.52. The standard InChI is InChI=1S/C21H17Cl2N3O/c1-27-13-21-25-19-5-2-15(14-6-8-24-9-7-14)11-20(19)26(21)12-16-10-17(22)3-4-18(16)23/h2-11H,12-13H2,1H3. The number of hydrogen-bond acceptors (Lipinski definition) is 3. The van der Waals surface area contributed by atoms with Gasteiger partial charge < -0.3 is 9.30 Å². The van der Waals surface area contributed by atoms with Crippen molar-refractivity contribution in [3.8, 4) is 11.1 Å². The van der Waals surface area contributed by atoms with Crippen molar-refractivity contribution >= 4 is 34.2 Å². The van der Waals surface area contributed by atoms with Crippen molar-refractivity contribution in [3.05, 3.63) is 82.4 Å². The van der Waals surface area contributed by atoms with Gasteiger partial charge in [0.2, 0.25) is 0 Å². The van der Waals surface area contributed by atoms with Crippen LogP contribution in [0.2, 0.25) is 10.0 Å². The number of hydrogen-bond donors (Lipinski definition) is 0. The Labute approximate surface area is 167 Å². The number of aromatic nitrogens is 3. The summed E-state index contributed by atoms with van der Waals surface area (Å²) >= 11 is 12.6. The third-order valence-corrected chi connectivity index (χ3v) is 5.05. The van der Waals surface area contributed by atoms with Gasteiger partial charge in [0.15, 0.2) is 0 Å². The van der Waals surface area contributed by atoms with Crippen molar-refractivity contribution < 1.29 is 4.74 Å². The molecule has 0 fully saturated rings. The molecule has 2 heterocycles. The first kappa shape index (κ1) is 18.0. The second-order valence-electron chi connectivity index (χ2n) is 6.22. The van der Waals surface area contributed by atoms with Crippen LogP contribution < -0.4 is 0 Å². The fraction of sp³-hybridized carbons (Fsp3) is 0.143. The van der Waals surface area contributed by atoms with E-state index in [1.165, 1.54) is 0 Å². The zero-order chi connectivity index (χ0) is 18.8. The molecule has 0 bridgehead atoms. The van der Waals surface area contributed by atoms with Crippen molar-refractivity contribution in [3.63, 3.8) is 0 Å². The quantitative estimate of drug-likeness (QED) is 0.439. The summed E-state index contributed by atoms with van der Waals surface area (Å²) in [6.07, 6.45) is 3.58. The highest BCUT2D eigenvalue weighted by atomic mass is 35.5. The molecule has 0 unspecified atom stereocenters. The van der Waals surface area contributed by atoms with Gasteiger partial charge in [0.05, 0.1) is 17.6 Å². The molecule has 2 aromatic carbocycles. The summed E-state index contributed by atoms with van der Waals surface area (Å²) in [5, 5.41) is 1.33. The summed E-state index contributed by atoms with van der Waals surface area (Å²) in [5.41, 5.74) is 5.08. The first-order chi connectivity index (χ1) is 13.2. The number of rotatable bonds is 5. The third-order valence-electron chi connectivity index (χ3n) is 4.45. The number of nitrogens with zero attached hydrogens (tertiary/aromatic N) is 3. The Hall–Kier alpha value is -2.40. The first-order valence-corrected chi connectivity index (χ1v) is 9.24. The highest BCUT2D eigenvalue weighted by molar-refractivity contribution is 6.33. The Morgan fingerprint density at radius 1 is 0.963 bits per heavy atom.